The quantitative estimate of drug-likeness (QED) is 0.755. The summed E-state index contributed by atoms with van der Waals surface area (Å²) in [6, 6.07) is 3.97. The Kier molecular flexibility index (Phi) is 3.98. The van der Waals surface area contributed by atoms with Gasteiger partial charge in [0.15, 0.2) is 0 Å². The molecule has 3 N–H and O–H groups in total. The fourth-order valence-electron chi connectivity index (χ4n) is 2.64. The van der Waals surface area contributed by atoms with Crippen LogP contribution in [0.3, 0.4) is 0 Å². The van der Waals surface area contributed by atoms with Crippen molar-refractivity contribution in [3.8, 4) is 0 Å². The van der Waals surface area contributed by atoms with E-state index in [0.29, 0.717) is 21.8 Å². The second kappa shape index (κ2) is 5.18. The molecule has 1 unspecified atom stereocenters. The first-order valence-electron chi connectivity index (χ1n) is 6.41. The molecule has 1 aromatic carbocycles. The molecule has 1 atom stereocenters. The van der Waals surface area contributed by atoms with E-state index in [-0.39, 0.29) is 5.41 Å². The van der Waals surface area contributed by atoms with E-state index in [1.165, 1.54) is 25.7 Å². The van der Waals surface area contributed by atoms with E-state index in [0.717, 1.165) is 5.69 Å². The smallest absolute Gasteiger partial charge is 0.0614 e. The highest BCUT2D eigenvalue weighted by Gasteiger charge is 2.32. The van der Waals surface area contributed by atoms with Gasteiger partial charge in [-0.3, -0.25) is 0 Å². The number of nitrogens with two attached hydrogens (primary N) is 1. The second-order valence-corrected chi connectivity index (χ2v) is 6.60. The van der Waals surface area contributed by atoms with Gasteiger partial charge in [0, 0.05) is 6.04 Å². The molecule has 0 heterocycles. The summed E-state index contributed by atoms with van der Waals surface area (Å²) in [6.07, 6.45) is 4.99. The monoisotopic (exact) mass is 286 g/mol. The average Bonchev–Trinajstić information content (AvgIpc) is 2.28. The molecule has 0 amide bonds. The predicted molar refractivity (Wildman–Crippen MR) is 80.5 cm³/mol. The molecule has 0 radical (unpaired) electrons. The predicted octanol–water partition coefficient (Wildman–Crippen LogP) is 4.96. The van der Waals surface area contributed by atoms with Crippen LogP contribution in [0.2, 0.25) is 10.0 Å². The van der Waals surface area contributed by atoms with E-state index in [4.69, 9.17) is 28.9 Å². The third kappa shape index (κ3) is 2.86. The lowest BCUT2D eigenvalue weighted by atomic mass is 9.73. The second-order valence-electron chi connectivity index (χ2n) is 5.78. The number of anilines is 2. The molecule has 1 aliphatic rings. The average molecular weight is 287 g/mol. The Morgan fingerprint density at radius 1 is 1.22 bits per heavy atom. The topological polar surface area (TPSA) is 38.0 Å². The molecule has 0 saturated heterocycles. The van der Waals surface area contributed by atoms with Crippen molar-refractivity contribution >= 4 is 34.6 Å². The van der Waals surface area contributed by atoms with Gasteiger partial charge in [0.05, 0.1) is 21.4 Å². The van der Waals surface area contributed by atoms with E-state index in [2.05, 4.69) is 19.2 Å². The van der Waals surface area contributed by atoms with Crippen molar-refractivity contribution < 1.29 is 0 Å². The summed E-state index contributed by atoms with van der Waals surface area (Å²) in [5, 5.41) is 4.59. The molecule has 2 nitrogen and oxygen atoms in total. The molecule has 0 bridgehead atoms. The Hall–Kier alpha value is -0.600. The van der Waals surface area contributed by atoms with E-state index >= 15 is 0 Å². The normalized spacial score (nSPS) is 22.8. The maximum Gasteiger partial charge on any atom is 0.0614 e. The standard InChI is InChI=1S/C14H20Cl2N2/c1-14(2)6-4-3-5-13(14)18-12-8-10(16)9(15)7-11(12)17/h7-8,13,18H,3-6,17H2,1-2H3. The summed E-state index contributed by atoms with van der Waals surface area (Å²) in [4.78, 5) is 0. The lowest BCUT2D eigenvalue weighted by molar-refractivity contribution is 0.217. The molecule has 100 valence electrons. The largest absolute Gasteiger partial charge is 0.397 e. The zero-order valence-electron chi connectivity index (χ0n) is 10.9. The number of benzene rings is 1. The molecule has 1 fully saturated rings. The van der Waals surface area contributed by atoms with E-state index in [9.17, 15) is 0 Å². The minimum atomic E-state index is 0.288. The third-order valence-corrected chi connectivity index (χ3v) is 4.65. The van der Waals surface area contributed by atoms with Crippen LogP contribution in [0.4, 0.5) is 11.4 Å². The molecule has 1 aromatic rings. The van der Waals surface area contributed by atoms with Gasteiger partial charge in [0.1, 0.15) is 0 Å². The summed E-state index contributed by atoms with van der Waals surface area (Å²) in [6.45, 7) is 4.61. The number of nitrogen functional groups attached to an aromatic ring is 1. The van der Waals surface area contributed by atoms with Gasteiger partial charge in [0.25, 0.3) is 0 Å². The highest BCUT2D eigenvalue weighted by molar-refractivity contribution is 6.42. The molecule has 4 heteroatoms. The molecule has 0 aliphatic heterocycles. The Balaban J connectivity index is 2.20. The number of hydrogen-bond donors (Lipinski definition) is 2. The lowest BCUT2D eigenvalue weighted by Gasteiger charge is -2.39. The van der Waals surface area contributed by atoms with E-state index in [1.54, 1.807) is 6.07 Å². The van der Waals surface area contributed by atoms with Crippen LogP contribution in [0.5, 0.6) is 0 Å². The van der Waals surface area contributed by atoms with Crippen LogP contribution < -0.4 is 11.1 Å². The van der Waals surface area contributed by atoms with Crippen LogP contribution in [-0.4, -0.2) is 6.04 Å². The molecular weight excluding hydrogens is 267 g/mol. The third-order valence-electron chi connectivity index (χ3n) is 3.93. The SMILES string of the molecule is CC1(C)CCCCC1Nc1cc(Cl)c(Cl)cc1N. The first-order valence-corrected chi connectivity index (χ1v) is 7.17. The zero-order valence-corrected chi connectivity index (χ0v) is 12.4. The molecule has 1 aliphatic carbocycles. The molecule has 2 rings (SSSR count). The number of halogens is 2. The van der Waals surface area contributed by atoms with Crippen molar-refractivity contribution in [2.75, 3.05) is 11.1 Å². The van der Waals surface area contributed by atoms with Gasteiger partial charge < -0.3 is 11.1 Å². The van der Waals surface area contributed by atoms with Gasteiger partial charge >= 0.3 is 0 Å². The summed E-state index contributed by atoms with van der Waals surface area (Å²) >= 11 is 12.0. The van der Waals surface area contributed by atoms with Crippen molar-refractivity contribution in [2.45, 2.75) is 45.6 Å². The van der Waals surface area contributed by atoms with Gasteiger partial charge in [-0.25, -0.2) is 0 Å². The van der Waals surface area contributed by atoms with Crippen molar-refractivity contribution in [2.24, 2.45) is 5.41 Å². The highest BCUT2D eigenvalue weighted by atomic mass is 35.5. The summed E-state index contributed by atoms with van der Waals surface area (Å²) in [5.74, 6) is 0. The van der Waals surface area contributed by atoms with Gasteiger partial charge in [-0.1, -0.05) is 49.9 Å². The Morgan fingerprint density at radius 3 is 2.56 bits per heavy atom. The summed E-state index contributed by atoms with van der Waals surface area (Å²) in [7, 11) is 0. The van der Waals surface area contributed by atoms with Crippen LogP contribution in [0.25, 0.3) is 0 Å². The van der Waals surface area contributed by atoms with Crippen LogP contribution in [0.1, 0.15) is 39.5 Å². The minimum Gasteiger partial charge on any atom is -0.397 e. The maximum atomic E-state index is 6.05. The lowest BCUT2D eigenvalue weighted by Crippen LogP contribution is -2.39. The Labute approximate surface area is 119 Å². The first-order chi connectivity index (χ1) is 8.40. The van der Waals surface area contributed by atoms with Crippen molar-refractivity contribution in [1.29, 1.82) is 0 Å². The van der Waals surface area contributed by atoms with Crippen LogP contribution in [-0.2, 0) is 0 Å². The molecule has 0 spiro atoms. The fraction of sp³-hybridized carbons (Fsp3) is 0.571. The minimum absolute atomic E-state index is 0.288. The number of hydrogen-bond acceptors (Lipinski definition) is 2. The highest BCUT2D eigenvalue weighted by Crippen LogP contribution is 2.39. The van der Waals surface area contributed by atoms with Crippen LogP contribution in [0, 0.1) is 5.41 Å². The fourth-order valence-corrected chi connectivity index (χ4v) is 2.97. The molecule has 1 saturated carbocycles. The van der Waals surface area contributed by atoms with Crippen molar-refractivity contribution in [3.05, 3.63) is 22.2 Å². The number of rotatable bonds is 2. The van der Waals surface area contributed by atoms with Crippen LogP contribution >= 0.6 is 23.2 Å². The summed E-state index contributed by atoms with van der Waals surface area (Å²) < 4.78 is 0. The van der Waals surface area contributed by atoms with Crippen molar-refractivity contribution in [1.82, 2.24) is 0 Å². The van der Waals surface area contributed by atoms with E-state index < -0.39 is 0 Å². The Morgan fingerprint density at radius 2 is 1.89 bits per heavy atom. The van der Waals surface area contributed by atoms with Crippen LogP contribution in [0.15, 0.2) is 12.1 Å². The molecule has 18 heavy (non-hydrogen) atoms. The maximum absolute atomic E-state index is 6.05. The van der Waals surface area contributed by atoms with Gasteiger partial charge in [-0.2, -0.15) is 0 Å². The van der Waals surface area contributed by atoms with Gasteiger partial charge in [0.2, 0.25) is 0 Å². The first kappa shape index (κ1) is 13.8. The van der Waals surface area contributed by atoms with Gasteiger partial charge in [-0.15, -0.1) is 0 Å². The summed E-state index contributed by atoms with van der Waals surface area (Å²) in [5.41, 5.74) is 7.83. The zero-order chi connectivity index (χ0) is 13.3. The van der Waals surface area contributed by atoms with Crippen molar-refractivity contribution in [3.63, 3.8) is 0 Å². The molecule has 0 aromatic heterocycles. The number of nitrogens with one attached hydrogen (secondary N) is 1. The Bertz CT molecular complexity index is 444. The van der Waals surface area contributed by atoms with E-state index in [1.807, 2.05) is 6.07 Å². The molecular formula is C14H20Cl2N2. The van der Waals surface area contributed by atoms with Gasteiger partial charge in [-0.05, 0) is 30.4 Å².